The van der Waals surface area contributed by atoms with Crippen LogP contribution in [0, 0.1) is 0 Å². The summed E-state index contributed by atoms with van der Waals surface area (Å²) < 4.78 is 29.6. The van der Waals surface area contributed by atoms with Crippen molar-refractivity contribution in [2.45, 2.75) is 17.1 Å². The Bertz CT molecular complexity index is 664. The van der Waals surface area contributed by atoms with Crippen molar-refractivity contribution >= 4 is 23.4 Å². The molecule has 2 aromatic rings. The molecular formula is C18H20F2N2O2S. The van der Waals surface area contributed by atoms with Gasteiger partial charge in [0.1, 0.15) is 5.75 Å². The van der Waals surface area contributed by atoms with Crippen LogP contribution in [-0.4, -0.2) is 31.9 Å². The predicted octanol–water partition coefficient (Wildman–Crippen LogP) is 3.78. The molecule has 2 aromatic carbocycles. The lowest BCUT2D eigenvalue weighted by atomic mass is 10.1. The van der Waals surface area contributed by atoms with Gasteiger partial charge in [0.05, 0.1) is 13.7 Å². The first-order valence-electron chi connectivity index (χ1n) is 7.75. The number of halogens is 2. The normalized spacial score (nSPS) is 10.6. The molecule has 2 N–H and O–H groups in total. The molecule has 2 rings (SSSR count). The minimum atomic E-state index is -2.43. The summed E-state index contributed by atoms with van der Waals surface area (Å²) in [6.07, 6.45) is 0.731. The molecule has 0 bridgehead atoms. The van der Waals surface area contributed by atoms with E-state index in [1.54, 1.807) is 31.4 Å². The van der Waals surface area contributed by atoms with Gasteiger partial charge >= 0.3 is 0 Å². The number of rotatable bonds is 9. The van der Waals surface area contributed by atoms with Crippen molar-refractivity contribution in [1.82, 2.24) is 5.32 Å². The highest BCUT2D eigenvalue weighted by atomic mass is 32.2. The quantitative estimate of drug-likeness (QED) is 0.663. The molecule has 0 heterocycles. The van der Waals surface area contributed by atoms with Crippen LogP contribution in [0.15, 0.2) is 53.4 Å². The molecule has 25 heavy (non-hydrogen) atoms. The molecule has 0 saturated heterocycles. The fourth-order valence-electron chi connectivity index (χ4n) is 2.14. The predicted molar refractivity (Wildman–Crippen MR) is 96.5 cm³/mol. The lowest BCUT2D eigenvalue weighted by Crippen LogP contribution is -2.31. The summed E-state index contributed by atoms with van der Waals surface area (Å²) >= 11 is 0.495. The van der Waals surface area contributed by atoms with Crippen molar-refractivity contribution < 1.29 is 18.3 Å². The van der Waals surface area contributed by atoms with Gasteiger partial charge in [-0.05, 0) is 48.4 Å². The van der Waals surface area contributed by atoms with Gasteiger partial charge in [0.25, 0.3) is 5.76 Å². The Morgan fingerprint density at radius 2 is 1.80 bits per heavy atom. The van der Waals surface area contributed by atoms with E-state index in [1.807, 2.05) is 24.3 Å². The molecule has 0 saturated carbocycles. The smallest absolute Gasteiger partial charge is 0.288 e. The molecular weight excluding hydrogens is 346 g/mol. The van der Waals surface area contributed by atoms with Crippen LogP contribution in [-0.2, 0) is 11.2 Å². The maximum Gasteiger partial charge on any atom is 0.288 e. The summed E-state index contributed by atoms with van der Waals surface area (Å²) in [7, 11) is 1.62. The number of carbonyl (C=O) groups is 1. The molecule has 0 aliphatic rings. The Kier molecular flexibility index (Phi) is 7.53. The first-order valence-corrected chi connectivity index (χ1v) is 8.63. The number of anilines is 1. The molecule has 0 atom stereocenters. The molecule has 1 amide bonds. The number of hydrogen-bond acceptors (Lipinski definition) is 4. The van der Waals surface area contributed by atoms with Crippen LogP contribution >= 0.6 is 11.8 Å². The number of carbonyl (C=O) groups excluding carboxylic acids is 1. The number of hydrogen-bond donors (Lipinski definition) is 2. The number of nitrogens with one attached hydrogen (secondary N) is 2. The second-order valence-electron chi connectivity index (χ2n) is 5.20. The fourth-order valence-corrected chi connectivity index (χ4v) is 2.64. The molecule has 0 radical (unpaired) electrons. The van der Waals surface area contributed by atoms with Gasteiger partial charge in [-0.1, -0.05) is 23.9 Å². The summed E-state index contributed by atoms with van der Waals surface area (Å²) in [5.41, 5.74) is 1.82. The van der Waals surface area contributed by atoms with E-state index in [1.165, 1.54) is 0 Å². The zero-order valence-electron chi connectivity index (χ0n) is 13.8. The van der Waals surface area contributed by atoms with Gasteiger partial charge in [0.2, 0.25) is 5.91 Å². The van der Waals surface area contributed by atoms with Gasteiger partial charge in [-0.25, -0.2) is 0 Å². The van der Waals surface area contributed by atoms with E-state index >= 15 is 0 Å². The lowest BCUT2D eigenvalue weighted by Gasteiger charge is -2.09. The summed E-state index contributed by atoms with van der Waals surface area (Å²) in [4.78, 5) is 12.3. The number of amides is 1. The highest BCUT2D eigenvalue weighted by molar-refractivity contribution is 7.99. The van der Waals surface area contributed by atoms with Gasteiger partial charge in [-0.3, -0.25) is 4.79 Å². The van der Waals surface area contributed by atoms with E-state index in [4.69, 9.17) is 4.74 Å². The van der Waals surface area contributed by atoms with E-state index in [0.717, 1.165) is 17.7 Å². The van der Waals surface area contributed by atoms with E-state index in [9.17, 15) is 13.6 Å². The summed E-state index contributed by atoms with van der Waals surface area (Å²) in [5.74, 6) is -1.76. The minimum Gasteiger partial charge on any atom is -0.497 e. The van der Waals surface area contributed by atoms with Crippen LogP contribution in [0.2, 0.25) is 0 Å². The second-order valence-corrected chi connectivity index (χ2v) is 6.27. The number of ether oxygens (including phenoxy) is 1. The molecule has 0 fully saturated rings. The zero-order valence-corrected chi connectivity index (χ0v) is 14.6. The van der Waals surface area contributed by atoms with Crippen LogP contribution in [0.5, 0.6) is 5.75 Å². The maximum absolute atomic E-state index is 12.2. The van der Waals surface area contributed by atoms with Crippen molar-refractivity contribution in [3.05, 3.63) is 54.1 Å². The topological polar surface area (TPSA) is 50.4 Å². The van der Waals surface area contributed by atoms with Crippen LogP contribution in [0.1, 0.15) is 5.56 Å². The van der Waals surface area contributed by atoms with Crippen LogP contribution in [0.25, 0.3) is 0 Å². The summed E-state index contributed by atoms with van der Waals surface area (Å²) in [5, 5.41) is 5.79. The third kappa shape index (κ3) is 7.01. The Hall–Kier alpha value is -2.28. The van der Waals surface area contributed by atoms with Gasteiger partial charge in [0.15, 0.2) is 0 Å². The van der Waals surface area contributed by atoms with Gasteiger partial charge < -0.3 is 15.4 Å². The van der Waals surface area contributed by atoms with Gasteiger partial charge in [0, 0.05) is 17.1 Å². The van der Waals surface area contributed by atoms with Gasteiger partial charge in [-0.15, -0.1) is 0 Å². The van der Waals surface area contributed by atoms with E-state index in [0.29, 0.717) is 28.9 Å². The Labute approximate surface area is 150 Å². The maximum atomic E-state index is 12.2. The number of alkyl halides is 2. The molecule has 0 aliphatic heterocycles. The van der Waals surface area contributed by atoms with E-state index in [-0.39, 0.29) is 12.5 Å². The number of benzene rings is 2. The third-order valence-electron chi connectivity index (χ3n) is 3.43. The standard InChI is InChI=1S/C18H20F2N2O2S/c1-24-15-6-2-13(3-7-15)10-11-21-17(23)12-22-14-4-8-16(9-5-14)25-18(19)20/h2-9,18,22H,10-12H2,1H3,(H,21,23). The first-order chi connectivity index (χ1) is 12.1. The molecule has 134 valence electrons. The molecule has 0 spiro atoms. The Morgan fingerprint density at radius 1 is 1.12 bits per heavy atom. The lowest BCUT2D eigenvalue weighted by molar-refractivity contribution is -0.119. The second kappa shape index (κ2) is 9.88. The highest BCUT2D eigenvalue weighted by Crippen LogP contribution is 2.26. The minimum absolute atomic E-state index is 0.125. The Balaban J connectivity index is 1.67. The van der Waals surface area contributed by atoms with Crippen LogP contribution in [0.3, 0.4) is 0 Å². The highest BCUT2D eigenvalue weighted by Gasteiger charge is 2.05. The Morgan fingerprint density at radius 3 is 2.40 bits per heavy atom. The first kappa shape index (κ1) is 19.1. The van der Waals surface area contributed by atoms with Crippen molar-refractivity contribution in [2.24, 2.45) is 0 Å². The zero-order chi connectivity index (χ0) is 18.1. The van der Waals surface area contributed by atoms with Crippen molar-refractivity contribution in [1.29, 1.82) is 0 Å². The largest absolute Gasteiger partial charge is 0.497 e. The monoisotopic (exact) mass is 366 g/mol. The van der Waals surface area contributed by atoms with Crippen LogP contribution < -0.4 is 15.4 Å². The fraction of sp³-hybridized carbons (Fsp3) is 0.278. The molecule has 4 nitrogen and oxygen atoms in total. The number of thioether (sulfide) groups is 1. The SMILES string of the molecule is COc1ccc(CCNC(=O)CNc2ccc(SC(F)F)cc2)cc1. The summed E-state index contributed by atoms with van der Waals surface area (Å²) in [6, 6.07) is 14.2. The van der Waals surface area contributed by atoms with Crippen LogP contribution in [0.4, 0.5) is 14.5 Å². The molecule has 7 heteroatoms. The van der Waals surface area contributed by atoms with E-state index < -0.39 is 5.76 Å². The van der Waals surface area contributed by atoms with Crippen molar-refractivity contribution in [3.8, 4) is 5.75 Å². The molecule has 0 aromatic heterocycles. The van der Waals surface area contributed by atoms with E-state index in [2.05, 4.69) is 10.6 Å². The average molecular weight is 366 g/mol. The summed E-state index contributed by atoms with van der Waals surface area (Å²) in [6.45, 7) is 0.667. The van der Waals surface area contributed by atoms with Crippen molar-refractivity contribution in [3.63, 3.8) is 0 Å². The number of methoxy groups -OCH3 is 1. The molecule has 0 unspecified atom stereocenters. The average Bonchev–Trinajstić information content (AvgIpc) is 2.61. The molecule has 0 aliphatic carbocycles. The third-order valence-corrected chi connectivity index (χ3v) is 4.15. The van der Waals surface area contributed by atoms with Crippen molar-refractivity contribution in [2.75, 3.05) is 25.5 Å². The van der Waals surface area contributed by atoms with Gasteiger partial charge in [-0.2, -0.15) is 8.78 Å².